The summed E-state index contributed by atoms with van der Waals surface area (Å²) in [6.45, 7) is 4.00. The zero-order chi connectivity index (χ0) is 8.27. The minimum atomic E-state index is 0.146. The molecule has 0 amide bonds. The van der Waals surface area contributed by atoms with E-state index in [1.165, 1.54) is 0 Å². The number of hydrogen-bond donors (Lipinski definition) is 1. The Morgan fingerprint density at radius 3 is 2.91 bits per heavy atom. The lowest BCUT2D eigenvalue weighted by Crippen LogP contribution is -2.17. The summed E-state index contributed by atoms with van der Waals surface area (Å²) in [7, 11) is 0. The van der Waals surface area contributed by atoms with Crippen LogP contribution in [0.5, 0.6) is 0 Å². The van der Waals surface area contributed by atoms with Crippen molar-refractivity contribution >= 4 is 0 Å². The summed E-state index contributed by atoms with van der Waals surface area (Å²) in [5.41, 5.74) is 6.59. The van der Waals surface area contributed by atoms with E-state index in [1.54, 1.807) is 0 Å². The molecule has 0 fully saturated rings. The molecule has 0 bridgehead atoms. The fraction of sp³-hybridized carbons (Fsp3) is 0.625. The molecule has 11 heavy (non-hydrogen) atoms. The van der Waals surface area contributed by atoms with Crippen molar-refractivity contribution in [1.82, 2.24) is 5.16 Å². The predicted octanol–water partition coefficient (Wildman–Crippen LogP) is 1.13. The van der Waals surface area contributed by atoms with Gasteiger partial charge in [-0.25, -0.2) is 0 Å². The first-order chi connectivity index (χ1) is 5.22. The van der Waals surface area contributed by atoms with Crippen LogP contribution in [0.1, 0.15) is 25.3 Å². The van der Waals surface area contributed by atoms with Crippen LogP contribution in [0, 0.1) is 0 Å². The van der Waals surface area contributed by atoms with Gasteiger partial charge in [-0.15, -0.1) is 0 Å². The molecule has 1 heterocycles. The summed E-state index contributed by atoms with van der Waals surface area (Å²) >= 11 is 0. The van der Waals surface area contributed by atoms with Gasteiger partial charge in [-0.2, -0.15) is 0 Å². The van der Waals surface area contributed by atoms with E-state index >= 15 is 0 Å². The average molecular weight is 154 g/mol. The van der Waals surface area contributed by atoms with E-state index in [0.717, 1.165) is 24.3 Å². The Morgan fingerprint density at radius 1 is 1.73 bits per heavy atom. The van der Waals surface area contributed by atoms with Crippen LogP contribution in [-0.2, 0) is 12.8 Å². The minimum Gasteiger partial charge on any atom is -0.361 e. The Kier molecular flexibility index (Phi) is 2.65. The third kappa shape index (κ3) is 2.35. The second-order valence-corrected chi connectivity index (χ2v) is 2.82. The van der Waals surface area contributed by atoms with Crippen LogP contribution in [-0.4, -0.2) is 11.2 Å². The van der Waals surface area contributed by atoms with Gasteiger partial charge in [0.15, 0.2) is 0 Å². The molecule has 0 saturated carbocycles. The lowest BCUT2D eigenvalue weighted by molar-refractivity contribution is 0.371. The van der Waals surface area contributed by atoms with E-state index in [4.69, 9.17) is 10.3 Å². The van der Waals surface area contributed by atoms with Gasteiger partial charge in [-0.05, 0) is 13.3 Å². The van der Waals surface area contributed by atoms with Crippen molar-refractivity contribution < 1.29 is 4.52 Å². The monoisotopic (exact) mass is 154 g/mol. The van der Waals surface area contributed by atoms with Crippen molar-refractivity contribution in [3.8, 4) is 0 Å². The van der Waals surface area contributed by atoms with Gasteiger partial charge in [0.1, 0.15) is 5.76 Å². The first kappa shape index (κ1) is 8.27. The highest BCUT2D eigenvalue weighted by molar-refractivity contribution is 5.05. The third-order valence-electron chi connectivity index (χ3n) is 1.49. The van der Waals surface area contributed by atoms with Crippen LogP contribution < -0.4 is 5.73 Å². The summed E-state index contributed by atoms with van der Waals surface area (Å²) in [6, 6.07) is 2.11. The number of nitrogens with zero attached hydrogens (tertiary/aromatic N) is 1. The Balaban J connectivity index is 2.58. The second kappa shape index (κ2) is 3.53. The molecule has 0 spiro atoms. The SMILES string of the molecule is CCc1cc(CC(C)N)on1. The Hall–Kier alpha value is -0.830. The molecule has 0 radical (unpaired) electrons. The standard InChI is InChI=1S/C8H14N2O/c1-3-7-5-8(11-10-7)4-6(2)9/h5-6H,3-4,9H2,1-2H3. The maximum Gasteiger partial charge on any atom is 0.138 e. The average Bonchev–Trinajstić information content (AvgIpc) is 2.34. The second-order valence-electron chi connectivity index (χ2n) is 2.82. The number of rotatable bonds is 3. The molecule has 0 aliphatic carbocycles. The summed E-state index contributed by atoms with van der Waals surface area (Å²) in [5.74, 6) is 0.886. The van der Waals surface area contributed by atoms with Crippen LogP contribution in [0.25, 0.3) is 0 Å². The van der Waals surface area contributed by atoms with Gasteiger partial charge in [-0.3, -0.25) is 0 Å². The first-order valence-electron chi connectivity index (χ1n) is 3.92. The molecule has 1 unspecified atom stereocenters. The molecule has 2 N–H and O–H groups in total. The molecule has 0 saturated heterocycles. The van der Waals surface area contributed by atoms with Gasteiger partial charge < -0.3 is 10.3 Å². The molecular weight excluding hydrogens is 140 g/mol. The molecule has 0 aliphatic heterocycles. The fourth-order valence-electron chi connectivity index (χ4n) is 0.936. The van der Waals surface area contributed by atoms with Crippen LogP contribution in [0.3, 0.4) is 0 Å². The van der Waals surface area contributed by atoms with Crippen molar-refractivity contribution in [2.24, 2.45) is 5.73 Å². The van der Waals surface area contributed by atoms with Gasteiger partial charge in [0.25, 0.3) is 0 Å². The van der Waals surface area contributed by atoms with E-state index in [0.29, 0.717) is 0 Å². The van der Waals surface area contributed by atoms with Crippen molar-refractivity contribution in [3.05, 3.63) is 17.5 Å². The molecule has 0 aliphatic rings. The lowest BCUT2D eigenvalue weighted by atomic mass is 10.2. The first-order valence-corrected chi connectivity index (χ1v) is 3.92. The molecule has 1 aromatic rings. The molecule has 3 nitrogen and oxygen atoms in total. The summed E-state index contributed by atoms with van der Waals surface area (Å²) in [5, 5.41) is 3.86. The van der Waals surface area contributed by atoms with Gasteiger partial charge >= 0.3 is 0 Å². The van der Waals surface area contributed by atoms with Crippen molar-refractivity contribution in [2.45, 2.75) is 32.7 Å². The van der Waals surface area contributed by atoms with Gasteiger partial charge in [0, 0.05) is 18.5 Å². The number of nitrogens with two attached hydrogens (primary N) is 1. The third-order valence-corrected chi connectivity index (χ3v) is 1.49. The van der Waals surface area contributed by atoms with E-state index < -0.39 is 0 Å². The lowest BCUT2D eigenvalue weighted by Gasteiger charge is -1.97. The van der Waals surface area contributed by atoms with E-state index in [-0.39, 0.29) is 6.04 Å². The van der Waals surface area contributed by atoms with Crippen LogP contribution in [0.4, 0.5) is 0 Å². The van der Waals surface area contributed by atoms with E-state index in [1.807, 2.05) is 19.9 Å². The van der Waals surface area contributed by atoms with Gasteiger partial charge in [0.2, 0.25) is 0 Å². The molecule has 1 atom stereocenters. The number of aryl methyl sites for hydroxylation is 1. The quantitative estimate of drug-likeness (QED) is 0.710. The highest BCUT2D eigenvalue weighted by Gasteiger charge is 2.03. The minimum absolute atomic E-state index is 0.146. The van der Waals surface area contributed by atoms with Crippen LogP contribution in [0.15, 0.2) is 10.6 Å². The maximum absolute atomic E-state index is 5.59. The van der Waals surface area contributed by atoms with Crippen molar-refractivity contribution in [3.63, 3.8) is 0 Å². The predicted molar refractivity (Wildman–Crippen MR) is 43.2 cm³/mol. The van der Waals surface area contributed by atoms with Gasteiger partial charge in [0.05, 0.1) is 5.69 Å². The molecule has 0 aromatic carbocycles. The summed E-state index contributed by atoms with van der Waals surface area (Å²) in [6.07, 6.45) is 1.69. The van der Waals surface area contributed by atoms with Gasteiger partial charge in [-0.1, -0.05) is 12.1 Å². The van der Waals surface area contributed by atoms with Crippen LogP contribution in [0.2, 0.25) is 0 Å². The van der Waals surface area contributed by atoms with Crippen molar-refractivity contribution in [2.75, 3.05) is 0 Å². The smallest absolute Gasteiger partial charge is 0.138 e. The van der Waals surface area contributed by atoms with E-state index in [2.05, 4.69) is 5.16 Å². The molecule has 1 rings (SSSR count). The number of hydrogen-bond acceptors (Lipinski definition) is 3. The molecule has 3 heteroatoms. The normalized spacial score (nSPS) is 13.4. The number of aromatic nitrogens is 1. The highest BCUT2D eigenvalue weighted by atomic mass is 16.5. The fourth-order valence-corrected chi connectivity index (χ4v) is 0.936. The Morgan fingerprint density at radius 2 is 2.45 bits per heavy atom. The largest absolute Gasteiger partial charge is 0.361 e. The van der Waals surface area contributed by atoms with Crippen molar-refractivity contribution in [1.29, 1.82) is 0 Å². The zero-order valence-electron chi connectivity index (χ0n) is 7.00. The Labute approximate surface area is 66.6 Å². The highest BCUT2D eigenvalue weighted by Crippen LogP contribution is 2.05. The molecular formula is C8H14N2O. The summed E-state index contributed by atoms with van der Waals surface area (Å²) in [4.78, 5) is 0. The maximum atomic E-state index is 5.59. The topological polar surface area (TPSA) is 52.0 Å². The zero-order valence-corrected chi connectivity index (χ0v) is 7.00. The summed E-state index contributed by atoms with van der Waals surface area (Å²) < 4.78 is 5.04. The molecule has 1 aromatic heterocycles. The van der Waals surface area contributed by atoms with Crippen LogP contribution >= 0.6 is 0 Å². The Bertz CT molecular complexity index is 218. The molecule has 62 valence electrons. The van der Waals surface area contributed by atoms with E-state index in [9.17, 15) is 0 Å².